The molecule has 2 rings (SSSR count). The lowest BCUT2D eigenvalue weighted by Gasteiger charge is -2.36. The van der Waals surface area contributed by atoms with Crippen molar-refractivity contribution in [2.24, 2.45) is 0 Å². The number of hydrogen-bond donors (Lipinski definition) is 1. The van der Waals surface area contributed by atoms with E-state index in [2.05, 4.69) is 35.1 Å². The maximum Gasteiger partial charge on any atom is 0.149 e. The van der Waals surface area contributed by atoms with E-state index in [1.54, 1.807) is 0 Å². The summed E-state index contributed by atoms with van der Waals surface area (Å²) in [5.74, 6) is -1.05. The topological polar surface area (TPSA) is 15.3 Å². The Morgan fingerprint density at radius 3 is 2.74 bits per heavy atom. The van der Waals surface area contributed by atoms with Gasteiger partial charge in [-0.15, -0.1) is 0 Å². The second-order valence-corrected chi connectivity index (χ2v) is 6.18. The van der Waals surface area contributed by atoms with Crippen LogP contribution >= 0.6 is 15.9 Å². The van der Waals surface area contributed by atoms with E-state index in [4.69, 9.17) is 0 Å². The van der Waals surface area contributed by atoms with E-state index in [0.29, 0.717) is 22.2 Å². The summed E-state index contributed by atoms with van der Waals surface area (Å²) in [6.07, 6.45) is 2.11. The minimum absolute atomic E-state index is 0.308. The molecule has 0 aromatic heterocycles. The lowest BCUT2D eigenvalue weighted by atomic mass is 10.0. The van der Waals surface area contributed by atoms with Crippen molar-refractivity contribution in [1.82, 2.24) is 5.32 Å². The molecule has 5 heteroatoms. The van der Waals surface area contributed by atoms with Gasteiger partial charge in [-0.05, 0) is 34.8 Å². The van der Waals surface area contributed by atoms with Crippen LogP contribution in [0, 0.1) is 11.6 Å². The molecule has 1 aliphatic heterocycles. The zero-order valence-corrected chi connectivity index (χ0v) is 12.8. The lowest BCUT2D eigenvalue weighted by Crippen LogP contribution is -2.48. The third kappa shape index (κ3) is 3.66. The van der Waals surface area contributed by atoms with Gasteiger partial charge < -0.3 is 10.2 Å². The van der Waals surface area contributed by atoms with Crippen molar-refractivity contribution in [3.8, 4) is 0 Å². The highest BCUT2D eigenvalue weighted by molar-refractivity contribution is 9.10. The number of rotatable bonds is 3. The Morgan fingerprint density at radius 2 is 2.05 bits per heavy atom. The third-order valence-corrected chi connectivity index (χ3v) is 3.93. The smallest absolute Gasteiger partial charge is 0.149 e. The van der Waals surface area contributed by atoms with Crippen LogP contribution in [0.1, 0.15) is 26.7 Å². The molecule has 1 N–H and O–H groups in total. The molecular weight excluding hydrogens is 314 g/mol. The summed E-state index contributed by atoms with van der Waals surface area (Å²) in [7, 11) is 0. The molecule has 19 heavy (non-hydrogen) atoms. The average molecular weight is 333 g/mol. The number of hydrogen-bond acceptors (Lipinski definition) is 2. The molecule has 1 fully saturated rings. The third-order valence-electron chi connectivity index (χ3n) is 3.32. The van der Waals surface area contributed by atoms with Gasteiger partial charge in [0.1, 0.15) is 11.6 Å². The molecule has 0 amide bonds. The van der Waals surface area contributed by atoms with E-state index >= 15 is 0 Å². The predicted octanol–water partition coefficient (Wildman–Crippen LogP) is 3.69. The van der Waals surface area contributed by atoms with Crippen LogP contribution in [-0.2, 0) is 0 Å². The molecule has 106 valence electrons. The van der Waals surface area contributed by atoms with E-state index < -0.39 is 11.6 Å². The largest absolute Gasteiger partial charge is 0.368 e. The van der Waals surface area contributed by atoms with Gasteiger partial charge in [-0.25, -0.2) is 8.78 Å². The Labute approximate surface area is 121 Å². The van der Waals surface area contributed by atoms with Crippen LogP contribution in [0.5, 0.6) is 0 Å². The van der Waals surface area contributed by atoms with Crippen LogP contribution in [0.4, 0.5) is 14.5 Å². The van der Waals surface area contributed by atoms with Crippen molar-refractivity contribution in [3.05, 3.63) is 28.2 Å². The van der Waals surface area contributed by atoms with Crippen molar-refractivity contribution >= 4 is 21.6 Å². The van der Waals surface area contributed by atoms with Crippen LogP contribution in [0.25, 0.3) is 0 Å². The summed E-state index contributed by atoms with van der Waals surface area (Å²) in [6.45, 7) is 5.78. The van der Waals surface area contributed by atoms with Crippen LogP contribution in [-0.4, -0.2) is 25.2 Å². The minimum atomic E-state index is -0.560. The van der Waals surface area contributed by atoms with E-state index in [-0.39, 0.29) is 0 Å². The van der Waals surface area contributed by atoms with Crippen LogP contribution in [0.15, 0.2) is 16.6 Å². The van der Waals surface area contributed by atoms with Crippen LogP contribution < -0.4 is 10.2 Å². The molecule has 0 spiro atoms. The fraction of sp³-hybridized carbons (Fsp3) is 0.571. The van der Waals surface area contributed by atoms with Gasteiger partial charge in [0.15, 0.2) is 0 Å². The summed E-state index contributed by atoms with van der Waals surface area (Å²) >= 11 is 3.12. The Morgan fingerprint density at radius 1 is 1.32 bits per heavy atom. The maximum atomic E-state index is 13.9. The van der Waals surface area contributed by atoms with Gasteiger partial charge in [0.25, 0.3) is 0 Å². The lowest BCUT2D eigenvalue weighted by molar-refractivity contribution is 0.392. The van der Waals surface area contributed by atoms with Gasteiger partial charge >= 0.3 is 0 Å². The first kappa shape index (κ1) is 14.7. The molecule has 1 atom stereocenters. The van der Waals surface area contributed by atoms with Crippen molar-refractivity contribution in [2.75, 3.05) is 18.0 Å². The summed E-state index contributed by atoms with van der Waals surface area (Å²) in [6, 6.07) is 3.24. The number of benzene rings is 1. The minimum Gasteiger partial charge on any atom is -0.368 e. The molecule has 0 aliphatic carbocycles. The maximum absolute atomic E-state index is 13.9. The molecule has 0 radical (unpaired) electrons. The van der Waals surface area contributed by atoms with E-state index in [1.165, 1.54) is 6.07 Å². The van der Waals surface area contributed by atoms with Crippen molar-refractivity contribution in [2.45, 2.75) is 38.8 Å². The number of halogens is 3. The molecule has 0 saturated carbocycles. The Kier molecular flexibility index (Phi) is 4.79. The Hall–Kier alpha value is -0.680. The standard InChI is InChI=1S/C14H19BrF2N2/c1-9(2)18-10-4-3-5-19(8-10)14-6-11(15)12(16)7-13(14)17/h6-7,9-10,18H,3-5,8H2,1-2H3. The second-order valence-electron chi connectivity index (χ2n) is 5.32. The van der Waals surface area contributed by atoms with Crippen molar-refractivity contribution in [1.29, 1.82) is 0 Å². The van der Waals surface area contributed by atoms with Gasteiger partial charge in [-0.2, -0.15) is 0 Å². The fourth-order valence-electron chi connectivity index (χ4n) is 2.56. The molecule has 1 aliphatic rings. The van der Waals surface area contributed by atoms with E-state index in [1.807, 2.05) is 4.90 Å². The quantitative estimate of drug-likeness (QED) is 0.849. The van der Waals surface area contributed by atoms with Gasteiger partial charge in [0.2, 0.25) is 0 Å². The van der Waals surface area contributed by atoms with Gasteiger partial charge in [-0.1, -0.05) is 13.8 Å². The summed E-state index contributed by atoms with van der Waals surface area (Å²) in [5, 5.41) is 3.48. The van der Waals surface area contributed by atoms with Crippen LogP contribution in [0.2, 0.25) is 0 Å². The first-order valence-electron chi connectivity index (χ1n) is 6.63. The zero-order chi connectivity index (χ0) is 14.0. The first-order valence-corrected chi connectivity index (χ1v) is 7.42. The number of nitrogens with one attached hydrogen (secondary N) is 1. The van der Waals surface area contributed by atoms with E-state index in [0.717, 1.165) is 32.0 Å². The Bertz CT molecular complexity index is 451. The zero-order valence-electron chi connectivity index (χ0n) is 11.2. The summed E-state index contributed by atoms with van der Waals surface area (Å²) in [4.78, 5) is 1.99. The van der Waals surface area contributed by atoms with Gasteiger partial charge in [-0.3, -0.25) is 0 Å². The highest BCUT2D eigenvalue weighted by Crippen LogP contribution is 2.28. The molecular formula is C14H19BrF2N2. The molecule has 1 unspecified atom stereocenters. The van der Waals surface area contributed by atoms with E-state index in [9.17, 15) is 8.78 Å². The molecule has 1 saturated heterocycles. The van der Waals surface area contributed by atoms with Crippen LogP contribution in [0.3, 0.4) is 0 Å². The fourth-order valence-corrected chi connectivity index (χ4v) is 2.89. The van der Waals surface area contributed by atoms with Gasteiger partial charge in [0.05, 0.1) is 10.2 Å². The summed E-state index contributed by atoms with van der Waals surface area (Å²) in [5.41, 5.74) is 0.475. The highest BCUT2D eigenvalue weighted by Gasteiger charge is 2.23. The predicted molar refractivity (Wildman–Crippen MR) is 77.6 cm³/mol. The molecule has 1 heterocycles. The van der Waals surface area contributed by atoms with Crippen molar-refractivity contribution < 1.29 is 8.78 Å². The number of piperidine rings is 1. The second kappa shape index (κ2) is 6.18. The highest BCUT2D eigenvalue weighted by atomic mass is 79.9. The Balaban J connectivity index is 2.15. The monoisotopic (exact) mass is 332 g/mol. The normalized spacial score (nSPS) is 20.1. The number of nitrogens with zero attached hydrogens (tertiary/aromatic N) is 1. The molecule has 1 aromatic carbocycles. The SMILES string of the molecule is CC(C)NC1CCCN(c2cc(Br)c(F)cc2F)C1. The average Bonchev–Trinajstić information content (AvgIpc) is 2.33. The molecule has 2 nitrogen and oxygen atoms in total. The first-order chi connectivity index (χ1) is 8.97. The summed E-state index contributed by atoms with van der Waals surface area (Å²) < 4.78 is 27.4. The van der Waals surface area contributed by atoms with Gasteiger partial charge in [0, 0.05) is 31.2 Å². The number of anilines is 1. The molecule has 0 bridgehead atoms. The molecule has 1 aromatic rings. The van der Waals surface area contributed by atoms with Crippen molar-refractivity contribution in [3.63, 3.8) is 0 Å².